The lowest BCUT2D eigenvalue weighted by Gasteiger charge is -2.60. The summed E-state index contributed by atoms with van der Waals surface area (Å²) in [5.74, 6) is 1.29. The molecule has 250 valence electrons. The number of nitrogens with one attached hydrogen (secondary N) is 1. The summed E-state index contributed by atoms with van der Waals surface area (Å²) in [6.45, 7) is 5.13. The number of hydrogen-bond donors (Lipinski definition) is 3. The molecular weight excluding hydrogens is 616 g/mol. The largest absolute Gasteiger partial charge is 0.507 e. The molecule has 0 saturated carbocycles. The van der Waals surface area contributed by atoms with Crippen LogP contribution in [0.3, 0.4) is 0 Å². The second-order valence-corrected chi connectivity index (χ2v) is 13.0. The maximum Gasteiger partial charge on any atom is 0.308 e. The third-order valence-corrected chi connectivity index (χ3v) is 10.3. The lowest BCUT2D eigenvalue weighted by atomic mass is 9.71. The van der Waals surface area contributed by atoms with Crippen molar-refractivity contribution in [2.45, 2.75) is 70.2 Å². The number of esters is 1. The van der Waals surface area contributed by atoms with Gasteiger partial charge in [0.05, 0.1) is 31.7 Å². The number of aromatic hydroxyl groups is 2. The molecule has 4 aliphatic rings. The molecule has 12 nitrogen and oxygen atoms in total. The molecule has 3 aromatic carbocycles. The molecule has 0 radical (unpaired) electrons. The van der Waals surface area contributed by atoms with Gasteiger partial charge in [-0.15, -0.1) is 0 Å². The number of benzene rings is 3. The van der Waals surface area contributed by atoms with Gasteiger partial charge in [0.1, 0.15) is 17.5 Å². The van der Waals surface area contributed by atoms with Gasteiger partial charge < -0.3 is 34.5 Å². The fraction of sp³-hybridized carbons (Fsp3) is 0.417. The Morgan fingerprint density at radius 2 is 1.79 bits per heavy atom. The SMILES string of the molecule is COc1c(C)cc2c(c1O)[C@@H]1[C@@H]3Cc4c(O)c(C)c5c(c4[C@H](CNC(=O)Cc4ccc(OC(C)=O)cc4)N3[C@@H](C#N)[C@H](C2)N1C)OCO5. The van der Waals surface area contributed by atoms with E-state index in [0.717, 1.165) is 22.3 Å². The smallest absolute Gasteiger partial charge is 0.308 e. The number of amides is 1. The molecule has 5 atom stereocenters. The van der Waals surface area contributed by atoms with Crippen LogP contribution in [0.25, 0.3) is 0 Å². The summed E-state index contributed by atoms with van der Waals surface area (Å²) < 4.78 is 22.6. The monoisotopic (exact) mass is 654 g/mol. The molecule has 3 N–H and O–H groups in total. The summed E-state index contributed by atoms with van der Waals surface area (Å²) in [5.41, 5.74) is 5.21. The molecule has 0 aliphatic carbocycles. The summed E-state index contributed by atoms with van der Waals surface area (Å²) in [6, 6.07) is 9.31. The molecule has 48 heavy (non-hydrogen) atoms. The number of aryl methyl sites for hydroxylation is 1. The van der Waals surface area contributed by atoms with E-state index in [0.29, 0.717) is 52.5 Å². The number of methoxy groups -OCH3 is 1. The van der Waals surface area contributed by atoms with Gasteiger partial charge in [0.15, 0.2) is 23.0 Å². The van der Waals surface area contributed by atoms with Crippen LogP contribution in [-0.4, -0.2) is 77.5 Å². The number of nitriles is 1. The van der Waals surface area contributed by atoms with Crippen molar-refractivity contribution < 1.29 is 38.7 Å². The van der Waals surface area contributed by atoms with Gasteiger partial charge in [-0.2, -0.15) is 5.26 Å². The van der Waals surface area contributed by atoms with Crippen LogP contribution in [0, 0.1) is 25.2 Å². The van der Waals surface area contributed by atoms with Crippen molar-refractivity contribution in [1.82, 2.24) is 15.1 Å². The highest BCUT2D eigenvalue weighted by molar-refractivity contribution is 5.79. The first-order valence-electron chi connectivity index (χ1n) is 16.0. The number of nitrogens with zero attached hydrogens (tertiary/aromatic N) is 3. The van der Waals surface area contributed by atoms with E-state index in [2.05, 4.69) is 21.2 Å². The maximum atomic E-state index is 13.4. The summed E-state index contributed by atoms with van der Waals surface area (Å²) in [4.78, 5) is 29.0. The Labute approximate surface area is 278 Å². The molecule has 1 amide bonds. The number of phenolic OH excluding ortho intramolecular Hbond substituents is 2. The zero-order valence-corrected chi connectivity index (χ0v) is 27.5. The predicted molar refractivity (Wildman–Crippen MR) is 172 cm³/mol. The Bertz CT molecular complexity index is 1870. The summed E-state index contributed by atoms with van der Waals surface area (Å²) in [7, 11) is 3.52. The minimum absolute atomic E-state index is 0.00598. The molecule has 4 heterocycles. The molecule has 2 bridgehead atoms. The predicted octanol–water partition coefficient (Wildman–Crippen LogP) is 3.51. The van der Waals surface area contributed by atoms with E-state index in [-0.39, 0.29) is 55.3 Å². The van der Waals surface area contributed by atoms with Gasteiger partial charge in [0.2, 0.25) is 12.7 Å². The lowest BCUT2D eigenvalue weighted by molar-refractivity contribution is -0.132. The van der Waals surface area contributed by atoms with Crippen LogP contribution in [-0.2, 0) is 28.9 Å². The fourth-order valence-corrected chi connectivity index (χ4v) is 8.34. The Morgan fingerprint density at radius 3 is 2.48 bits per heavy atom. The van der Waals surface area contributed by atoms with Crippen molar-refractivity contribution in [3.8, 4) is 40.6 Å². The van der Waals surface area contributed by atoms with E-state index < -0.39 is 18.1 Å². The first kappa shape index (κ1) is 31.6. The van der Waals surface area contributed by atoms with Gasteiger partial charge in [-0.25, -0.2) is 0 Å². The van der Waals surface area contributed by atoms with Crippen LogP contribution >= 0.6 is 0 Å². The van der Waals surface area contributed by atoms with Gasteiger partial charge in [0, 0.05) is 47.8 Å². The number of rotatable bonds is 6. The topological polar surface area (TPSA) is 154 Å². The fourth-order valence-electron chi connectivity index (χ4n) is 8.34. The van der Waals surface area contributed by atoms with Crippen LogP contribution < -0.4 is 24.3 Å². The van der Waals surface area contributed by atoms with Crippen molar-refractivity contribution in [1.29, 1.82) is 5.26 Å². The zero-order chi connectivity index (χ0) is 34.0. The van der Waals surface area contributed by atoms with E-state index in [1.165, 1.54) is 14.0 Å². The van der Waals surface area contributed by atoms with Crippen molar-refractivity contribution in [3.63, 3.8) is 0 Å². The van der Waals surface area contributed by atoms with E-state index in [1.807, 2.05) is 20.0 Å². The molecule has 0 spiro atoms. The first-order valence-corrected chi connectivity index (χ1v) is 16.0. The highest BCUT2D eigenvalue weighted by atomic mass is 16.7. The molecule has 0 unspecified atom stereocenters. The van der Waals surface area contributed by atoms with Crippen LogP contribution in [0.5, 0.6) is 34.5 Å². The maximum absolute atomic E-state index is 13.4. The second kappa shape index (κ2) is 11.9. The molecule has 0 aromatic heterocycles. The number of carbonyl (C=O) groups is 2. The van der Waals surface area contributed by atoms with Gasteiger partial charge >= 0.3 is 5.97 Å². The van der Waals surface area contributed by atoms with Crippen LogP contribution in [0.2, 0.25) is 0 Å². The third-order valence-electron chi connectivity index (χ3n) is 10.3. The quantitative estimate of drug-likeness (QED) is 0.264. The number of hydrogen-bond acceptors (Lipinski definition) is 11. The Morgan fingerprint density at radius 1 is 1.06 bits per heavy atom. The average Bonchev–Trinajstić information content (AvgIpc) is 3.54. The molecule has 7 rings (SSSR count). The molecular formula is C36H38N4O8. The van der Waals surface area contributed by atoms with Gasteiger partial charge in [0.25, 0.3) is 0 Å². The molecule has 1 saturated heterocycles. The van der Waals surface area contributed by atoms with Crippen molar-refractivity contribution in [3.05, 3.63) is 69.3 Å². The first-order chi connectivity index (χ1) is 23.0. The number of piperazine rings is 1. The van der Waals surface area contributed by atoms with Crippen molar-refractivity contribution in [2.75, 3.05) is 27.5 Å². The van der Waals surface area contributed by atoms with E-state index in [9.17, 15) is 25.1 Å². The van der Waals surface area contributed by atoms with Crippen LogP contribution in [0.4, 0.5) is 0 Å². The second-order valence-electron chi connectivity index (χ2n) is 13.0. The Balaban J connectivity index is 1.30. The molecule has 3 aromatic rings. The molecule has 1 fully saturated rings. The van der Waals surface area contributed by atoms with Gasteiger partial charge in [-0.1, -0.05) is 18.2 Å². The Hall–Kier alpha value is -4.99. The minimum atomic E-state index is -0.584. The average molecular weight is 655 g/mol. The zero-order valence-electron chi connectivity index (χ0n) is 27.5. The molecule has 4 aliphatic heterocycles. The Kier molecular flexibility index (Phi) is 7.84. The molecule has 12 heteroatoms. The lowest BCUT2D eigenvalue weighted by Crippen LogP contribution is -2.68. The van der Waals surface area contributed by atoms with Crippen molar-refractivity contribution in [2.24, 2.45) is 0 Å². The highest BCUT2D eigenvalue weighted by Gasteiger charge is 2.56. The minimum Gasteiger partial charge on any atom is -0.507 e. The number of ether oxygens (including phenoxy) is 4. The van der Waals surface area contributed by atoms with Gasteiger partial charge in [-0.05, 0) is 62.6 Å². The van der Waals surface area contributed by atoms with Crippen LogP contribution in [0.1, 0.15) is 58.0 Å². The number of carbonyl (C=O) groups excluding carboxylic acids is 2. The number of fused-ring (bicyclic) bond motifs is 9. The number of likely N-dealkylation sites (N-methyl/N-ethyl adjacent to an activating group) is 1. The van der Waals surface area contributed by atoms with Crippen molar-refractivity contribution >= 4 is 11.9 Å². The van der Waals surface area contributed by atoms with Crippen LogP contribution in [0.15, 0.2) is 30.3 Å². The number of phenols is 2. The summed E-state index contributed by atoms with van der Waals surface area (Å²) in [5, 5.41) is 37.1. The van der Waals surface area contributed by atoms with E-state index in [1.54, 1.807) is 31.2 Å². The highest BCUT2D eigenvalue weighted by Crippen LogP contribution is 2.58. The standard InChI is InChI=1S/C36H38N4O8/c1-17-10-21-12-24-26(14-37)40-25(31(39(24)4)29(21)33(44)34(17)45-5)13-23-30(36-35(46-16-47-36)18(2)32(23)43)27(40)15-38-28(42)11-20-6-8-22(9-7-20)48-19(3)41/h6-10,24-27,31,43-44H,11-13,15-16H2,1-5H3,(H,38,42)/t24-,25-,26-,27-,31-/m0/s1. The van der Waals surface area contributed by atoms with Gasteiger partial charge in [-0.3, -0.25) is 19.4 Å². The van der Waals surface area contributed by atoms with E-state index in [4.69, 9.17) is 18.9 Å². The third kappa shape index (κ3) is 4.88. The summed E-state index contributed by atoms with van der Waals surface area (Å²) in [6.07, 6.45) is 0.983. The normalized spacial score (nSPS) is 23.7. The van der Waals surface area contributed by atoms with E-state index >= 15 is 0 Å². The summed E-state index contributed by atoms with van der Waals surface area (Å²) >= 11 is 0.